The van der Waals surface area contributed by atoms with E-state index in [1.54, 1.807) is 0 Å². The van der Waals surface area contributed by atoms with Crippen LogP contribution >= 0.6 is 0 Å². The Balaban J connectivity index is 1.72. The number of hydrogen-bond acceptors (Lipinski definition) is 3. The number of aliphatic hydroxyl groups is 2. The van der Waals surface area contributed by atoms with E-state index in [0.29, 0.717) is 23.5 Å². The van der Waals surface area contributed by atoms with Crippen LogP contribution in [-0.2, 0) is 0 Å². The van der Waals surface area contributed by atoms with Crippen LogP contribution in [0.5, 0.6) is 0 Å². The Morgan fingerprint density at radius 3 is 2.77 bits per heavy atom. The van der Waals surface area contributed by atoms with Gasteiger partial charge in [-0.05, 0) is 43.4 Å². The van der Waals surface area contributed by atoms with Crippen molar-refractivity contribution in [2.45, 2.75) is 52.1 Å². The molecule has 0 aromatic heterocycles. The summed E-state index contributed by atoms with van der Waals surface area (Å²) >= 11 is 0. The third-order valence-electron chi connectivity index (χ3n) is 7.36. The van der Waals surface area contributed by atoms with Gasteiger partial charge in [-0.1, -0.05) is 37.6 Å². The second-order valence-corrected chi connectivity index (χ2v) is 8.28. The predicted molar refractivity (Wildman–Crippen MR) is 86.8 cm³/mol. The second kappa shape index (κ2) is 4.41. The van der Waals surface area contributed by atoms with Gasteiger partial charge in [-0.25, -0.2) is 0 Å². The number of hydrogen-bond donors (Lipinski definition) is 3. The highest BCUT2D eigenvalue weighted by molar-refractivity contribution is 5.35. The van der Waals surface area contributed by atoms with Gasteiger partial charge in [-0.2, -0.15) is 0 Å². The van der Waals surface area contributed by atoms with Crippen LogP contribution in [0, 0.1) is 28.6 Å². The van der Waals surface area contributed by atoms with E-state index in [-0.39, 0.29) is 16.9 Å². The molecule has 1 unspecified atom stereocenters. The average molecular weight is 301 g/mol. The minimum atomic E-state index is -0.322. The lowest BCUT2D eigenvalue weighted by Crippen LogP contribution is -2.49. The fraction of sp³-hybridized carbons (Fsp3) is 0.684. The smallest absolute Gasteiger partial charge is 0.112 e. The zero-order valence-corrected chi connectivity index (χ0v) is 13.5. The monoisotopic (exact) mass is 301 g/mol. The highest BCUT2D eigenvalue weighted by Gasteiger charge is 2.57. The Kier molecular flexibility index (Phi) is 2.88. The molecule has 0 aromatic rings. The van der Waals surface area contributed by atoms with Crippen LogP contribution < -0.4 is 5.73 Å². The summed E-state index contributed by atoms with van der Waals surface area (Å²) in [5.74, 6) is 2.08. The number of aliphatic hydroxyl groups excluding tert-OH is 2. The Hall–Kier alpha value is -1.22. The first-order chi connectivity index (χ1) is 10.4. The highest BCUT2D eigenvalue weighted by atomic mass is 16.3. The molecule has 1 saturated carbocycles. The molecule has 0 heterocycles. The summed E-state index contributed by atoms with van der Waals surface area (Å²) in [5.41, 5.74) is 8.45. The molecule has 4 aliphatic rings. The van der Waals surface area contributed by atoms with E-state index in [9.17, 15) is 10.2 Å². The lowest BCUT2D eigenvalue weighted by atomic mass is 9.49. The molecule has 4 aliphatic carbocycles. The molecule has 4 rings (SSSR count). The van der Waals surface area contributed by atoms with Crippen LogP contribution in [0.3, 0.4) is 0 Å². The Morgan fingerprint density at radius 2 is 2.00 bits per heavy atom. The molecule has 0 saturated heterocycles. The quantitative estimate of drug-likeness (QED) is 0.601. The number of nitrogens with two attached hydrogens (primary N) is 1. The SMILES string of the molecule is C[C@]12C=CC(O)CC1=CC[C@@H]1[C@@H]2CC[C@]2(C)C(N)=C(O)C[C@@H]12. The zero-order chi connectivity index (χ0) is 15.7. The van der Waals surface area contributed by atoms with Gasteiger partial charge in [0.25, 0.3) is 0 Å². The molecule has 4 N–H and O–H groups in total. The molecule has 120 valence electrons. The normalized spacial score (nSPS) is 50.2. The number of allylic oxidation sites excluding steroid dienone is 4. The topological polar surface area (TPSA) is 66.5 Å². The Morgan fingerprint density at radius 1 is 1.23 bits per heavy atom. The van der Waals surface area contributed by atoms with Crippen molar-refractivity contribution in [1.82, 2.24) is 0 Å². The van der Waals surface area contributed by atoms with Gasteiger partial charge in [0.1, 0.15) is 5.76 Å². The van der Waals surface area contributed by atoms with Crippen molar-refractivity contribution in [3.8, 4) is 0 Å². The summed E-state index contributed by atoms with van der Waals surface area (Å²) in [7, 11) is 0. The van der Waals surface area contributed by atoms with Crippen molar-refractivity contribution in [2.24, 2.45) is 34.3 Å². The molecule has 0 spiro atoms. The zero-order valence-electron chi connectivity index (χ0n) is 13.5. The lowest BCUT2D eigenvalue weighted by Gasteiger charge is -2.55. The molecule has 0 radical (unpaired) electrons. The van der Waals surface area contributed by atoms with E-state index in [4.69, 9.17) is 5.73 Å². The van der Waals surface area contributed by atoms with Gasteiger partial charge < -0.3 is 15.9 Å². The van der Waals surface area contributed by atoms with Crippen LogP contribution in [0.2, 0.25) is 0 Å². The van der Waals surface area contributed by atoms with Crippen LogP contribution in [0.25, 0.3) is 0 Å². The lowest BCUT2D eigenvalue weighted by molar-refractivity contribution is 0.00282. The minimum absolute atomic E-state index is 0.0230. The maximum absolute atomic E-state index is 10.2. The highest BCUT2D eigenvalue weighted by Crippen LogP contribution is 2.64. The predicted octanol–water partition coefficient (Wildman–Crippen LogP) is 3.42. The van der Waals surface area contributed by atoms with Crippen LogP contribution in [0.4, 0.5) is 0 Å². The minimum Gasteiger partial charge on any atom is -0.510 e. The van der Waals surface area contributed by atoms with Crippen molar-refractivity contribution >= 4 is 0 Å². The van der Waals surface area contributed by atoms with Crippen molar-refractivity contribution in [2.75, 3.05) is 0 Å². The van der Waals surface area contributed by atoms with Crippen molar-refractivity contribution in [1.29, 1.82) is 0 Å². The molecule has 0 amide bonds. The summed E-state index contributed by atoms with van der Waals surface area (Å²) in [4.78, 5) is 0. The first-order valence-electron chi connectivity index (χ1n) is 8.61. The fourth-order valence-corrected chi connectivity index (χ4v) is 5.91. The molecule has 0 aliphatic heterocycles. The van der Waals surface area contributed by atoms with E-state index in [1.165, 1.54) is 5.57 Å². The van der Waals surface area contributed by atoms with E-state index >= 15 is 0 Å². The standard InChI is InChI=1S/C19H27NO2/c1-18-7-5-12(21)9-11(18)3-4-13-14(18)6-8-19(2)15(13)10-16(22)17(19)20/h3,5,7,12-15,21-22H,4,6,8-10,20H2,1-2H3/t12?,13-,14+,15+,18+,19+/m1/s1. The summed E-state index contributed by atoms with van der Waals surface area (Å²) in [6.07, 6.45) is 11.1. The van der Waals surface area contributed by atoms with Crippen molar-refractivity contribution < 1.29 is 10.2 Å². The van der Waals surface area contributed by atoms with Gasteiger partial charge in [-0.3, -0.25) is 0 Å². The largest absolute Gasteiger partial charge is 0.510 e. The summed E-state index contributed by atoms with van der Waals surface area (Å²) in [6.45, 7) is 4.58. The van der Waals surface area contributed by atoms with Gasteiger partial charge >= 0.3 is 0 Å². The third-order valence-corrected chi connectivity index (χ3v) is 7.36. The fourth-order valence-electron chi connectivity index (χ4n) is 5.91. The van der Waals surface area contributed by atoms with Gasteiger partial charge in [0.05, 0.1) is 11.8 Å². The number of rotatable bonds is 0. The molecular weight excluding hydrogens is 274 g/mol. The average Bonchev–Trinajstić information content (AvgIpc) is 2.72. The molecular formula is C19H27NO2. The summed E-state index contributed by atoms with van der Waals surface area (Å²) in [5, 5.41) is 20.1. The van der Waals surface area contributed by atoms with E-state index in [0.717, 1.165) is 37.8 Å². The van der Waals surface area contributed by atoms with Gasteiger partial charge in [0, 0.05) is 17.3 Å². The Labute approximate surface area is 132 Å². The van der Waals surface area contributed by atoms with Crippen LogP contribution in [-0.4, -0.2) is 16.3 Å². The summed E-state index contributed by atoms with van der Waals surface area (Å²) < 4.78 is 0. The first kappa shape index (κ1) is 14.4. The second-order valence-electron chi connectivity index (χ2n) is 8.28. The summed E-state index contributed by atoms with van der Waals surface area (Å²) in [6, 6.07) is 0. The van der Waals surface area contributed by atoms with Gasteiger partial charge in [0.15, 0.2) is 0 Å². The van der Waals surface area contributed by atoms with E-state index < -0.39 is 0 Å². The van der Waals surface area contributed by atoms with Crippen LogP contribution in [0.1, 0.15) is 46.0 Å². The van der Waals surface area contributed by atoms with Gasteiger partial charge in [-0.15, -0.1) is 0 Å². The molecule has 6 atom stereocenters. The van der Waals surface area contributed by atoms with E-state index in [1.807, 2.05) is 6.08 Å². The molecule has 1 fully saturated rings. The van der Waals surface area contributed by atoms with Crippen molar-refractivity contribution in [3.05, 3.63) is 35.3 Å². The first-order valence-corrected chi connectivity index (χ1v) is 8.61. The molecule has 22 heavy (non-hydrogen) atoms. The van der Waals surface area contributed by atoms with E-state index in [2.05, 4.69) is 26.0 Å². The number of fused-ring (bicyclic) bond motifs is 5. The van der Waals surface area contributed by atoms with Crippen LogP contribution in [0.15, 0.2) is 35.3 Å². The molecule has 3 nitrogen and oxygen atoms in total. The maximum atomic E-state index is 10.2. The molecule has 0 bridgehead atoms. The van der Waals surface area contributed by atoms with Gasteiger partial charge in [0.2, 0.25) is 0 Å². The maximum Gasteiger partial charge on any atom is 0.112 e. The molecule has 0 aromatic carbocycles. The Bertz CT molecular complexity index is 605. The third kappa shape index (κ3) is 1.66. The van der Waals surface area contributed by atoms with Crippen molar-refractivity contribution in [3.63, 3.8) is 0 Å². The molecule has 3 heteroatoms.